The van der Waals surface area contributed by atoms with Crippen molar-refractivity contribution in [3.05, 3.63) is 0 Å². The van der Waals surface area contributed by atoms with Gasteiger partial charge in [-0.25, -0.2) is 0 Å². The average Bonchev–Trinajstić information content (AvgIpc) is 2.28. The number of rotatable bonds is 5. The van der Waals surface area contributed by atoms with E-state index in [1.807, 2.05) is 0 Å². The van der Waals surface area contributed by atoms with Crippen molar-refractivity contribution >= 4 is 5.91 Å². The smallest absolute Gasteiger partial charge is 0.220 e. The van der Waals surface area contributed by atoms with E-state index in [1.54, 1.807) is 0 Å². The van der Waals surface area contributed by atoms with Crippen LogP contribution in [0.3, 0.4) is 0 Å². The maximum absolute atomic E-state index is 11.2. The van der Waals surface area contributed by atoms with Gasteiger partial charge in [-0.2, -0.15) is 0 Å². The highest BCUT2D eigenvalue weighted by atomic mass is 16.1. The van der Waals surface area contributed by atoms with Crippen LogP contribution in [0, 0.1) is 18.3 Å². The molecule has 1 fully saturated rings. The summed E-state index contributed by atoms with van der Waals surface area (Å²) in [5.41, 5.74) is 0. The fourth-order valence-corrected chi connectivity index (χ4v) is 1.86. The zero-order valence-corrected chi connectivity index (χ0v) is 9.22. The standard InChI is InChI=1S/C12H20N2O/c1-2-3-6-12(15)14-9-7-11-5-4-8-13-10-11/h1,11,13H,3-10H2,(H,14,15). The van der Waals surface area contributed by atoms with Gasteiger partial charge in [0, 0.05) is 19.4 Å². The number of carbonyl (C=O) groups is 1. The Kier molecular flexibility index (Phi) is 5.87. The number of amides is 1. The quantitative estimate of drug-likeness (QED) is 0.659. The molecule has 84 valence electrons. The zero-order chi connectivity index (χ0) is 10.9. The summed E-state index contributed by atoms with van der Waals surface area (Å²) < 4.78 is 0. The van der Waals surface area contributed by atoms with Gasteiger partial charge < -0.3 is 10.6 Å². The summed E-state index contributed by atoms with van der Waals surface area (Å²) in [6, 6.07) is 0. The van der Waals surface area contributed by atoms with Crippen molar-refractivity contribution in [2.24, 2.45) is 5.92 Å². The normalized spacial score (nSPS) is 20.6. The van der Waals surface area contributed by atoms with Gasteiger partial charge in [-0.05, 0) is 38.3 Å². The van der Waals surface area contributed by atoms with E-state index in [-0.39, 0.29) is 5.91 Å². The molecule has 3 heteroatoms. The van der Waals surface area contributed by atoms with E-state index in [0.717, 1.165) is 32.0 Å². The molecule has 1 rings (SSSR count). The van der Waals surface area contributed by atoms with Crippen LogP contribution in [-0.2, 0) is 4.79 Å². The lowest BCUT2D eigenvalue weighted by Gasteiger charge is -2.22. The molecule has 0 aromatic carbocycles. The van der Waals surface area contributed by atoms with E-state index in [9.17, 15) is 4.79 Å². The Balaban J connectivity index is 2.00. The van der Waals surface area contributed by atoms with Crippen LogP contribution in [0.5, 0.6) is 0 Å². The fourth-order valence-electron chi connectivity index (χ4n) is 1.86. The molecule has 0 bridgehead atoms. The summed E-state index contributed by atoms with van der Waals surface area (Å²) in [6.07, 6.45) is 9.70. The van der Waals surface area contributed by atoms with Crippen LogP contribution in [0.25, 0.3) is 0 Å². The topological polar surface area (TPSA) is 41.1 Å². The fraction of sp³-hybridized carbons (Fsp3) is 0.750. The van der Waals surface area contributed by atoms with Gasteiger partial charge in [0.05, 0.1) is 0 Å². The molecule has 15 heavy (non-hydrogen) atoms. The number of piperidine rings is 1. The second-order valence-corrected chi connectivity index (χ2v) is 4.06. The first-order chi connectivity index (χ1) is 7.33. The molecule has 0 aromatic rings. The Morgan fingerprint density at radius 1 is 1.60 bits per heavy atom. The number of hydrogen-bond acceptors (Lipinski definition) is 2. The lowest BCUT2D eigenvalue weighted by atomic mass is 9.96. The molecule has 1 saturated heterocycles. The predicted octanol–water partition coefficient (Wildman–Crippen LogP) is 0.906. The molecule has 2 N–H and O–H groups in total. The van der Waals surface area contributed by atoms with Crippen molar-refractivity contribution in [2.45, 2.75) is 32.1 Å². The Morgan fingerprint density at radius 3 is 3.13 bits per heavy atom. The van der Waals surface area contributed by atoms with Crippen LogP contribution >= 0.6 is 0 Å². The van der Waals surface area contributed by atoms with E-state index >= 15 is 0 Å². The van der Waals surface area contributed by atoms with Crippen LogP contribution in [-0.4, -0.2) is 25.5 Å². The summed E-state index contributed by atoms with van der Waals surface area (Å²) in [5, 5.41) is 6.27. The predicted molar refractivity (Wildman–Crippen MR) is 61.3 cm³/mol. The Bertz CT molecular complexity index is 226. The highest BCUT2D eigenvalue weighted by Gasteiger charge is 2.12. The first-order valence-electron chi connectivity index (χ1n) is 5.74. The minimum Gasteiger partial charge on any atom is -0.356 e. The second-order valence-electron chi connectivity index (χ2n) is 4.06. The SMILES string of the molecule is C#CCCC(=O)NCCC1CCCNC1. The summed E-state index contributed by atoms with van der Waals surface area (Å²) in [5.74, 6) is 3.28. The molecule has 0 aliphatic carbocycles. The average molecular weight is 208 g/mol. The molecule has 1 aliphatic rings. The Labute approximate surface area is 92.0 Å². The van der Waals surface area contributed by atoms with Crippen molar-refractivity contribution in [1.82, 2.24) is 10.6 Å². The molecule has 0 spiro atoms. The number of carbonyl (C=O) groups excluding carboxylic acids is 1. The van der Waals surface area contributed by atoms with Gasteiger partial charge in [0.25, 0.3) is 0 Å². The molecule has 0 radical (unpaired) electrons. The first-order valence-corrected chi connectivity index (χ1v) is 5.74. The van der Waals surface area contributed by atoms with Gasteiger partial charge >= 0.3 is 0 Å². The molecular weight excluding hydrogens is 188 g/mol. The first kappa shape index (κ1) is 12.1. The van der Waals surface area contributed by atoms with Crippen molar-refractivity contribution in [2.75, 3.05) is 19.6 Å². The van der Waals surface area contributed by atoms with E-state index < -0.39 is 0 Å². The van der Waals surface area contributed by atoms with Crippen molar-refractivity contribution < 1.29 is 4.79 Å². The molecule has 1 heterocycles. The van der Waals surface area contributed by atoms with Gasteiger partial charge in [-0.3, -0.25) is 4.79 Å². The lowest BCUT2D eigenvalue weighted by Crippen LogP contribution is -2.33. The van der Waals surface area contributed by atoms with Crippen molar-refractivity contribution in [3.8, 4) is 12.3 Å². The maximum Gasteiger partial charge on any atom is 0.220 e. The molecule has 1 amide bonds. The summed E-state index contributed by atoms with van der Waals surface area (Å²) in [4.78, 5) is 11.2. The maximum atomic E-state index is 11.2. The highest BCUT2D eigenvalue weighted by Crippen LogP contribution is 2.12. The summed E-state index contributed by atoms with van der Waals surface area (Å²) >= 11 is 0. The van der Waals surface area contributed by atoms with Gasteiger partial charge in [0.1, 0.15) is 0 Å². The van der Waals surface area contributed by atoms with Crippen LogP contribution in [0.15, 0.2) is 0 Å². The second kappa shape index (κ2) is 7.30. The molecule has 0 aromatic heterocycles. The molecule has 1 unspecified atom stereocenters. The van der Waals surface area contributed by atoms with Crippen molar-refractivity contribution in [3.63, 3.8) is 0 Å². The van der Waals surface area contributed by atoms with E-state index in [4.69, 9.17) is 6.42 Å². The van der Waals surface area contributed by atoms with Gasteiger partial charge in [-0.1, -0.05) is 0 Å². The number of nitrogens with one attached hydrogen (secondary N) is 2. The molecule has 0 saturated carbocycles. The van der Waals surface area contributed by atoms with E-state index in [0.29, 0.717) is 12.8 Å². The number of hydrogen-bond donors (Lipinski definition) is 2. The summed E-state index contributed by atoms with van der Waals surface area (Å²) in [7, 11) is 0. The largest absolute Gasteiger partial charge is 0.356 e. The van der Waals surface area contributed by atoms with Gasteiger partial charge in [0.15, 0.2) is 0 Å². The minimum absolute atomic E-state index is 0.0803. The van der Waals surface area contributed by atoms with Crippen molar-refractivity contribution in [1.29, 1.82) is 0 Å². The van der Waals surface area contributed by atoms with Crippen LogP contribution in [0.2, 0.25) is 0 Å². The van der Waals surface area contributed by atoms with Crippen LogP contribution in [0.1, 0.15) is 32.1 Å². The molecular formula is C12H20N2O. The van der Waals surface area contributed by atoms with Gasteiger partial charge in [-0.15, -0.1) is 12.3 Å². The van der Waals surface area contributed by atoms with E-state index in [2.05, 4.69) is 16.6 Å². The minimum atomic E-state index is 0.0803. The third-order valence-electron chi connectivity index (χ3n) is 2.77. The third-order valence-corrected chi connectivity index (χ3v) is 2.77. The van der Waals surface area contributed by atoms with Crippen LogP contribution < -0.4 is 10.6 Å². The molecule has 1 aliphatic heterocycles. The summed E-state index contributed by atoms with van der Waals surface area (Å²) in [6.45, 7) is 3.03. The highest BCUT2D eigenvalue weighted by molar-refractivity contribution is 5.76. The third kappa shape index (κ3) is 5.44. The van der Waals surface area contributed by atoms with Crippen LogP contribution in [0.4, 0.5) is 0 Å². The monoisotopic (exact) mass is 208 g/mol. The van der Waals surface area contributed by atoms with E-state index in [1.165, 1.54) is 12.8 Å². The molecule has 3 nitrogen and oxygen atoms in total. The Hall–Kier alpha value is -1.01. The molecule has 1 atom stereocenters. The lowest BCUT2D eigenvalue weighted by molar-refractivity contribution is -0.121. The number of terminal acetylenes is 1. The van der Waals surface area contributed by atoms with Gasteiger partial charge in [0.2, 0.25) is 5.91 Å². The zero-order valence-electron chi connectivity index (χ0n) is 9.22. The Morgan fingerprint density at radius 2 is 2.47 bits per heavy atom.